The molecule has 182 valence electrons. The first kappa shape index (κ1) is 25.1. The molecule has 0 bridgehead atoms. The van der Waals surface area contributed by atoms with Gasteiger partial charge in [-0.3, -0.25) is 10.3 Å². The molecule has 0 spiro atoms. The molecule has 3 aromatic rings. The van der Waals surface area contributed by atoms with Crippen molar-refractivity contribution in [2.24, 2.45) is 0 Å². The van der Waals surface area contributed by atoms with E-state index in [9.17, 15) is 4.79 Å². The number of aromatic nitrogens is 1. The third kappa shape index (κ3) is 6.76. The van der Waals surface area contributed by atoms with Gasteiger partial charge in [-0.1, -0.05) is 39.5 Å². The van der Waals surface area contributed by atoms with Crippen molar-refractivity contribution in [2.75, 3.05) is 19.5 Å². The number of carbonyl (C=O) groups excluding carboxylic acids is 1. The van der Waals surface area contributed by atoms with Crippen LogP contribution in [0.3, 0.4) is 0 Å². The van der Waals surface area contributed by atoms with Crippen LogP contribution >= 0.6 is 0 Å². The number of methoxy groups -OCH3 is 2. The molecule has 0 radical (unpaired) electrons. The van der Waals surface area contributed by atoms with Crippen LogP contribution in [0.15, 0.2) is 48.7 Å². The Bertz CT molecular complexity index is 1060. The Morgan fingerprint density at radius 1 is 0.912 bits per heavy atom. The molecule has 0 fully saturated rings. The molecule has 34 heavy (non-hydrogen) atoms. The van der Waals surface area contributed by atoms with Crippen molar-refractivity contribution in [1.82, 2.24) is 4.98 Å². The number of amides is 1. The Labute approximate surface area is 201 Å². The highest BCUT2D eigenvalue weighted by Crippen LogP contribution is 2.37. The van der Waals surface area contributed by atoms with Gasteiger partial charge in [0.25, 0.3) is 0 Å². The fourth-order valence-corrected chi connectivity index (χ4v) is 3.69. The molecule has 2 aromatic carbocycles. The summed E-state index contributed by atoms with van der Waals surface area (Å²) in [5, 5.41) is 3.62. The molecule has 0 unspecified atom stereocenters. The second-order valence-corrected chi connectivity index (χ2v) is 8.10. The minimum Gasteiger partial charge on any atom is -0.493 e. The molecule has 1 heterocycles. The van der Waals surface area contributed by atoms with Crippen molar-refractivity contribution in [1.29, 1.82) is 0 Å². The monoisotopic (exact) mass is 466 g/mol. The lowest BCUT2D eigenvalue weighted by atomic mass is 10.1. The molecule has 7 heteroatoms. The zero-order chi connectivity index (χ0) is 24.3. The number of hydrogen-bond acceptors (Lipinski definition) is 6. The fraction of sp³-hybridized carbons (Fsp3) is 0.407. The summed E-state index contributed by atoms with van der Waals surface area (Å²) in [7, 11) is 3.18. The average Bonchev–Trinajstić information content (AvgIpc) is 2.86. The number of nitrogens with zero attached hydrogens (tertiary/aromatic N) is 1. The standard InChI is InChI=1S/C27H34N2O5/c1-5-7-9-20(10-8-6-2)34-27(30)29-19-11-13-21(14-12-19)33-24-15-16-28-23-18-26(32-4)25(31-3)17-22(23)24/h11-18,20H,5-10H2,1-4H3,(H,29,30). The quantitative estimate of drug-likeness (QED) is 0.301. The molecule has 0 saturated carbocycles. The van der Waals surface area contributed by atoms with E-state index in [1.54, 1.807) is 50.7 Å². The van der Waals surface area contributed by atoms with E-state index in [1.807, 2.05) is 12.1 Å². The van der Waals surface area contributed by atoms with Crippen LogP contribution in [0.25, 0.3) is 10.9 Å². The molecule has 3 rings (SSSR count). The van der Waals surface area contributed by atoms with Crippen LogP contribution in [0.1, 0.15) is 52.4 Å². The van der Waals surface area contributed by atoms with Gasteiger partial charge in [0.15, 0.2) is 11.5 Å². The number of nitrogens with one attached hydrogen (secondary N) is 1. The molecular formula is C27H34N2O5. The Hall–Kier alpha value is -3.48. The Morgan fingerprint density at radius 3 is 2.18 bits per heavy atom. The van der Waals surface area contributed by atoms with Crippen LogP contribution < -0.4 is 19.5 Å². The van der Waals surface area contributed by atoms with Gasteiger partial charge in [-0.25, -0.2) is 4.79 Å². The molecule has 7 nitrogen and oxygen atoms in total. The van der Waals surface area contributed by atoms with Gasteiger partial charge < -0.3 is 18.9 Å². The average molecular weight is 467 g/mol. The largest absolute Gasteiger partial charge is 0.493 e. The van der Waals surface area contributed by atoms with Gasteiger partial charge in [0, 0.05) is 23.3 Å². The molecule has 0 saturated heterocycles. The van der Waals surface area contributed by atoms with Crippen LogP contribution in [0, 0.1) is 0 Å². The van der Waals surface area contributed by atoms with Crippen molar-refractivity contribution in [3.05, 3.63) is 48.7 Å². The van der Waals surface area contributed by atoms with Gasteiger partial charge in [0.2, 0.25) is 0 Å². The summed E-state index contributed by atoms with van der Waals surface area (Å²) in [5.41, 5.74) is 1.38. The molecule has 0 atom stereocenters. The highest BCUT2D eigenvalue weighted by atomic mass is 16.6. The summed E-state index contributed by atoms with van der Waals surface area (Å²) in [6.45, 7) is 4.28. The normalized spacial score (nSPS) is 10.9. The lowest BCUT2D eigenvalue weighted by molar-refractivity contribution is 0.0968. The number of fused-ring (bicyclic) bond motifs is 1. The predicted molar refractivity (Wildman–Crippen MR) is 134 cm³/mol. The van der Waals surface area contributed by atoms with Crippen LogP contribution in [0.4, 0.5) is 10.5 Å². The summed E-state index contributed by atoms with van der Waals surface area (Å²) >= 11 is 0. The summed E-state index contributed by atoms with van der Waals surface area (Å²) in [5.74, 6) is 2.47. The van der Waals surface area contributed by atoms with E-state index in [0.29, 0.717) is 28.7 Å². The van der Waals surface area contributed by atoms with Gasteiger partial charge in [-0.05, 0) is 49.2 Å². The van der Waals surface area contributed by atoms with E-state index in [-0.39, 0.29) is 6.10 Å². The van der Waals surface area contributed by atoms with E-state index in [0.717, 1.165) is 49.4 Å². The Balaban J connectivity index is 1.66. The first-order chi connectivity index (χ1) is 16.6. The summed E-state index contributed by atoms with van der Waals surface area (Å²) in [6, 6.07) is 12.6. The van der Waals surface area contributed by atoms with Gasteiger partial charge in [0.05, 0.1) is 19.7 Å². The third-order valence-electron chi connectivity index (χ3n) is 5.57. The zero-order valence-electron chi connectivity index (χ0n) is 20.4. The lowest BCUT2D eigenvalue weighted by Gasteiger charge is -2.18. The molecule has 1 amide bonds. The minimum absolute atomic E-state index is 0.0434. The predicted octanol–water partition coefficient (Wildman–Crippen LogP) is 7.34. The van der Waals surface area contributed by atoms with E-state index >= 15 is 0 Å². The number of pyridine rings is 1. The van der Waals surface area contributed by atoms with E-state index in [2.05, 4.69) is 24.1 Å². The number of anilines is 1. The summed E-state index contributed by atoms with van der Waals surface area (Å²) < 4.78 is 22.5. The van der Waals surface area contributed by atoms with Crippen molar-refractivity contribution in [3.63, 3.8) is 0 Å². The second-order valence-electron chi connectivity index (χ2n) is 8.10. The van der Waals surface area contributed by atoms with Crippen molar-refractivity contribution in [3.8, 4) is 23.0 Å². The van der Waals surface area contributed by atoms with Gasteiger partial charge in [0.1, 0.15) is 17.6 Å². The van der Waals surface area contributed by atoms with Crippen LogP contribution in [0.5, 0.6) is 23.0 Å². The highest BCUT2D eigenvalue weighted by Gasteiger charge is 2.15. The maximum atomic E-state index is 12.4. The highest BCUT2D eigenvalue weighted by molar-refractivity contribution is 5.88. The van der Waals surface area contributed by atoms with Gasteiger partial charge >= 0.3 is 6.09 Å². The van der Waals surface area contributed by atoms with Gasteiger partial charge in [-0.2, -0.15) is 0 Å². The SMILES string of the molecule is CCCCC(CCCC)OC(=O)Nc1ccc(Oc2ccnc3cc(OC)c(OC)cc23)cc1. The van der Waals surface area contributed by atoms with Crippen LogP contribution in [-0.2, 0) is 4.74 Å². The van der Waals surface area contributed by atoms with Gasteiger partial charge in [-0.15, -0.1) is 0 Å². The third-order valence-corrected chi connectivity index (χ3v) is 5.57. The maximum Gasteiger partial charge on any atom is 0.411 e. The first-order valence-electron chi connectivity index (χ1n) is 11.8. The molecule has 0 aliphatic heterocycles. The first-order valence-corrected chi connectivity index (χ1v) is 11.8. The number of ether oxygens (including phenoxy) is 4. The summed E-state index contributed by atoms with van der Waals surface area (Å²) in [6.07, 6.45) is 7.28. The number of hydrogen-bond donors (Lipinski definition) is 1. The number of unbranched alkanes of at least 4 members (excludes halogenated alkanes) is 2. The zero-order valence-corrected chi connectivity index (χ0v) is 20.4. The van der Waals surface area contributed by atoms with Crippen molar-refractivity contribution in [2.45, 2.75) is 58.5 Å². The number of benzene rings is 2. The van der Waals surface area contributed by atoms with E-state index in [1.165, 1.54) is 0 Å². The Kier molecular flexibility index (Phi) is 9.38. The Morgan fingerprint density at radius 2 is 1.56 bits per heavy atom. The fourth-order valence-electron chi connectivity index (χ4n) is 3.69. The van der Waals surface area contributed by atoms with Crippen molar-refractivity contribution < 1.29 is 23.7 Å². The molecule has 1 N–H and O–H groups in total. The lowest BCUT2D eigenvalue weighted by Crippen LogP contribution is -2.22. The van der Waals surface area contributed by atoms with Crippen LogP contribution in [0.2, 0.25) is 0 Å². The minimum atomic E-state index is -0.424. The topological polar surface area (TPSA) is 78.9 Å². The molecule has 0 aliphatic rings. The maximum absolute atomic E-state index is 12.4. The van der Waals surface area contributed by atoms with Crippen LogP contribution in [-0.4, -0.2) is 31.4 Å². The number of rotatable bonds is 12. The van der Waals surface area contributed by atoms with E-state index < -0.39 is 6.09 Å². The number of carbonyl (C=O) groups is 1. The smallest absolute Gasteiger partial charge is 0.411 e. The van der Waals surface area contributed by atoms with Crippen molar-refractivity contribution >= 4 is 22.7 Å². The summed E-state index contributed by atoms with van der Waals surface area (Å²) in [4.78, 5) is 16.8. The molecule has 1 aromatic heterocycles. The molecule has 0 aliphatic carbocycles. The molecular weight excluding hydrogens is 432 g/mol. The second kappa shape index (κ2) is 12.7. The van der Waals surface area contributed by atoms with E-state index in [4.69, 9.17) is 18.9 Å².